The van der Waals surface area contributed by atoms with E-state index in [0.717, 1.165) is 8.96 Å². The summed E-state index contributed by atoms with van der Waals surface area (Å²) in [5.74, 6) is 0.0529. The fourth-order valence-corrected chi connectivity index (χ4v) is 3.98. The predicted molar refractivity (Wildman–Crippen MR) is 133 cm³/mol. The molecular formula is C24H16Cl2INO4. The zero-order valence-corrected chi connectivity index (χ0v) is 20.2. The molecule has 0 aliphatic rings. The van der Waals surface area contributed by atoms with Crippen molar-refractivity contribution in [3.8, 4) is 11.5 Å². The molecule has 0 fully saturated rings. The molecule has 0 amide bonds. The van der Waals surface area contributed by atoms with Gasteiger partial charge < -0.3 is 14.6 Å². The number of carbonyl (C=O) groups is 1. The molecule has 8 heteroatoms. The number of carboxylic acid groups (broad SMARTS) is 1. The third-order valence-corrected chi connectivity index (χ3v) is 5.90. The van der Waals surface area contributed by atoms with Crippen LogP contribution in [0.3, 0.4) is 0 Å². The van der Waals surface area contributed by atoms with Gasteiger partial charge in [-0.3, -0.25) is 0 Å². The van der Waals surface area contributed by atoms with Crippen LogP contribution in [-0.2, 0) is 13.2 Å². The van der Waals surface area contributed by atoms with Crippen molar-refractivity contribution in [3.05, 3.63) is 97.2 Å². The van der Waals surface area contributed by atoms with Crippen LogP contribution in [0.2, 0.25) is 10.0 Å². The van der Waals surface area contributed by atoms with E-state index < -0.39 is 5.97 Å². The van der Waals surface area contributed by atoms with Crippen molar-refractivity contribution >= 4 is 62.7 Å². The first-order chi connectivity index (χ1) is 15.4. The van der Waals surface area contributed by atoms with Crippen molar-refractivity contribution in [1.29, 1.82) is 0 Å². The Bertz CT molecular complexity index is 1280. The lowest BCUT2D eigenvalue weighted by Gasteiger charge is -2.16. The van der Waals surface area contributed by atoms with Gasteiger partial charge >= 0.3 is 5.97 Å². The van der Waals surface area contributed by atoms with E-state index in [1.807, 2.05) is 18.2 Å². The maximum absolute atomic E-state index is 12.3. The quantitative estimate of drug-likeness (QED) is 0.239. The van der Waals surface area contributed by atoms with Crippen molar-refractivity contribution in [2.75, 3.05) is 0 Å². The fraction of sp³-hybridized carbons (Fsp3) is 0.0833. The van der Waals surface area contributed by atoms with E-state index in [1.54, 1.807) is 48.5 Å². The van der Waals surface area contributed by atoms with Crippen LogP contribution in [0, 0.1) is 3.57 Å². The number of aromatic carboxylic acids is 1. The third-order valence-electron chi connectivity index (χ3n) is 4.73. The molecule has 3 aromatic carbocycles. The van der Waals surface area contributed by atoms with Crippen LogP contribution in [-0.4, -0.2) is 16.1 Å². The highest BCUT2D eigenvalue weighted by Crippen LogP contribution is 2.28. The summed E-state index contributed by atoms with van der Waals surface area (Å²) in [6.45, 7) is 0.0372. The first-order valence-electron chi connectivity index (χ1n) is 9.52. The van der Waals surface area contributed by atoms with Gasteiger partial charge in [0.1, 0.15) is 24.7 Å². The van der Waals surface area contributed by atoms with E-state index in [4.69, 9.17) is 32.7 Å². The first-order valence-corrected chi connectivity index (χ1v) is 11.4. The molecule has 0 aliphatic carbocycles. The van der Waals surface area contributed by atoms with Gasteiger partial charge in [0.2, 0.25) is 0 Å². The van der Waals surface area contributed by atoms with E-state index in [9.17, 15) is 9.90 Å². The maximum atomic E-state index is 12.3. The molecule has 1 heterocycles. The van der Waals surface area contributed by atoms with Crippen LogP contribution in [0.4, 0.5) is 0 Å². The Morgan fingerprint density at radius 2 is 1.44 bits per heavy atom. The van der Waals surface area contributed by atoms with Crippen LogP contribution in [0.1, 0.15) is 21.6 Å². The normalized spacial score (nSPS) is 10.8. The number of ether oxygens (including phenoxy) is 2. The number of aromatic nitrogens is 1. The molecule has 5 nitrogen and oxygen atoms in total. The summed E-state index contributed by atoms with van der Waals surface area (Å²) in [5.41, 5.74) is 1.59. The second-order valence-electron chi connectivity index (χ2n) is 6.86. The topological polar surface area (TPSA) is 68.7 Å². The lowest BCUT2D eigenvalue weighted by Crippen LogP contribution is -2.14. The molecule has 0 saturated carbocycles. The third kappa shape index (κ3) is 5.26. The number of hydrogen-bond donors (Lipinski definition) is 1. The molecule has 162 valence electrons. The summed E-state index contributed by atoms with van der Waals surface area (Å²) < 4.78 is 12.7. The van der Waals surface area contributed by atoms with Crippen LogP contribution < -0.4 is 9.47 Å². The maximum Gasteiger partial charge on any atom is 0.338 e. The van der Waals surface area contributed by atoms with E-state index in [1.165, 1.54) is 0 Å². The van der Waals surface area contributed by atoms with Gasteiger partial charge in [0.15, 0.2) is 0 Å². The van der Waals surface area contributed by atoms with Gasteiger partial charge in [0, 0.05) is 24.6 Å². The van der Waals surface area contributed by atoms with E-state index in [-0.39, 0.29) is 18.8 Å². The van der Waals surface area contributed by atoms with E-state index in [0.29, 0.717) is 38.3 Å². The van der Waals surface area contributed by atoms with E-state index >= 15 is 0 Å². The van der Waals surface area contributed by atoms with Crippen LogP contribution in [0.5, 0.6) is 11.5 Å². The van der Waals surface area contributed by atoms with Crippen molar-refractivity contribution in [2.24, 2.45) is 0 Å². The summed E-state index contributed by atoms with van der Waals surface area (Å²) in [5, 5.41) is 12.0. The minimum Gasteiger partial charge on any atom is -0.489 e. The fourth-order valence-electron chi connectivity index (χ4n) is 3.23. The smallest absolute Gasteiger partial charge is 0.338 e. The molecule has 0 atom stereocenters. The number of carboxylic acids is 1. The SMILES string of the molecule is O=C(O)c1c(COc2ccc(Cl)cc2)nc2ccc(I)cc2c1COc1ccc(Cl)cc1. The van der Waals surface area contributed by atoms with Crippen molar-refractivity contribution < 1.29 is 19.4 Å². The Labute approximate surface area is 208 Å². The predicted octanol–water partition coefficient (Wildman–Crippen LogP) is 7.00. The number of hydrogen-bond acceptors (Lipinski definition) is 4. The van der Waals surface area contributed by atoms with Gasteiger partial charge in [-0.05, 0) is 89.3 Å². The highest BCUT2D eigenvalue weighted by molar-refractivity contribution is 14.1. The van der Waals surface area contributed by atoms with Gasteiger partial charge in [-0.15, -0.1) is 0 Å². The second kappa shape index (κ2) is 9.94. The number of benzene rings is 3. The Hall–Kier alpha value is -2.55. The zero-order chi connectivity index (χ0) is 22.7. The van der Waals surface area contributed by atoms with Crippen molar-refractivity contribution in [3.63, 3.8) is 0 Å². The lowest BCUT2D eigenvalue weighted by atomic mass is 10.0. The number of fused-ring (bicyclic) bond motifs is 1. The van der Waals surface area contributed by atoms with Crippen LogP contribution >= 0.6 is 45.8 Å². The van der Waals surface area contributed by atoms with Crippen molar-refractivity contribution in [2.45, 2.75) is 13.2 Å². The highest BCUT2D eigenvalue weighted by atomic mass is 127. The zero-order valence-electron chi connectivity index (χ0n) is 16.5. The Balaban J connectivity index is 1.74. The molecule has 0 aliphatic heterocycles. The largest absolute Gasteiger partial charge is 0.489 e. The van der Waals surface area contributed by atoms with Crippen LogP contribution in [0.25, 0.3) is 10.9 Å². The molecular weight excluding hydrogens is 564 g/mol. The molecule has 0 unspecified atom stereocenters. The average molecular weight is 580 g/mol. The second-order valence-corrected chi connectivity index (χ2v) is 8.98. The molecule has 0 bridgehead atoms. The molecule has 4 rings (SSSR count). The molecule has 0 saturated heterocycles. The molecule has 1 aromatic heterocycles. The summed E-state index contributed by atoms with van der Waals surface area (Å²) in [7, 11) is 0. The Kier molecular flexibility index (Phi) is 7.03. The molecule has 0 spiro atoms. The highest BCUT2D eigenvalue weighted by Gasteiger charge is 2.22. The minimum absolute atomic E-state index is 0.0147. The molecule has 1 N–H and O–H groups in total. The summed E-state index contributed by atoms with van der Waals surface area (Å²) >= 11 is 14.0. The van der Waals surface area contributed by atoms with Gasteiger partial charge in [-0.25, -0.2) is 9.78 Å². The van der Waals surface area contributed by atoms with Crippen LogP contribution in [0.15, 0.2) is 66.7 Å². The summed E-state index contributed by atoms with van der Waals surface area (Å²) in [6, 6.07) is 19.4. The number of nitrogens with zero attached hydrogens (tertiary/aromatic N) is 1. The van der Waals surface area contributed by atoms with Gasteiger partial charge in [-0.1, -0.05) is 23.2 Å². The summed E-state index contributed by atoms with van der Waals surface area (Å²) in [6.07, 6.45) is 0. The Morgan fingerprint density at radius 1 is 0.875 bits per heavy atom. The minimum atomic E-state index is -1.09. The average Bonchev–Trinajstić information content (AvgIpc) is 2.77. The van der Waals surface area contributed by atoms with Gasteiger partial charge in [0.25, 0.3) is 0 Å². The van der Waals surface area contributed by atoms with Gasteiger partial charge in [-0.2, -0.15) is 0 Å². The first kappa shape index (κ1) is 22.6. The lowest BCUT2D eigenvalue weighted by molar-refractivity contribution is 0.0690. The van der Waals surface area contributed by atoms with Crippen molar-refractivity contribution in [1.82, 2.24) is 4.98 Å². The molecule has 32 heavy (non-hydrogen) atoms. The van der Waals surface area contributed by atoms with Gasteiger partial charge in [0.05, 0.1) is 16.8 Å². The monoisotopic (exact) mass is 579 g/mol. The van der Waals surface area contributed by atoms with E-state index in [2.05, 4.69) is 27.6 Å². The molecule has 4 aromatic rings. The number of pyridine rings is 1. The number of halogens is 3. The summed E-state index contributed by atoms with van der Waals surface area (Å²) in [4.78, 5) is 16.9. The Morgan fingerprint density at radius 3 is 2.00 bits per heavy atom. The molecule has 0 radical (unpaired) electrons. The number of rotatable bonds is 7. The standard InChI is InChI=1S/C24H16Cl2INO4/c25-14-1-6-17(7-2-14)31-12-20-19-11-16(27)5-10-21(19)28-22(23(20)24(29)30)13-32-18-8-3-15(26)4-9-18/h1-11H,12-13H2,(H,29,30).